The SMILES string of the molecule is CN1c2ncccc2C(=O)N[C@H]1c1ccc(NC(=O)CN2CCOCC2)cc1. The van der Waals surface area contributed by atoms with Crippen LogP contribution in [0.25, 0.3) is 0 Å². The number of benzene rings is 1. The molecule has 1 atom stereocenters. The van der Waals surface area contributed by atoms with Gasteiger partial charge in [-0.2, -0.15) is 0 Å². The summed E-state index contributed by atoms with van der Waals surface area (Å²) < 4.78 is 5.30. The number of pyridine rings is 1. The van der Waals surface area contributed by atoms with E-state index in [2.05, 4.69) is 20.5 Å². The summed E-state index contributed by atoms with van der Waals surface area (Å²) in [6, 6.07) is 11.0. The lowest BCUT2D eigenvalue weighted by atomic mass is 10.1. The van der Waals surface area contributed by atoms with Gasteiger partial charge in [-0.1, -0.05) is 12.1 Å². The highest BCUT2D eigenvalue weighted by Crippen LogP contribution is 2.30. The predicted molar refractivity (Wildman–Crippen MR) is 105 cm³/mol. The molecule has 0 aliphatic carbocycles. The standard InChI is InChI=1S/C20H23N5O3/c1-24-18(23-20(27)16-3-2-8-21-19(16)24)14-4-6-15(7-5-14)22-17(26)13-25-9-11-28-12-10-25/h2-8,18H,9-13H2,1H3,(H,22,26)(H,23,27)/t18-/m1/s1. The van der Waals surface area contributed by atoms with Gasteiger partial charge in [-0.3, -0.25) is 14.5 Å². The molecule has 0 unspecified atom stereocenters. The summed E-state index contributed by atoms with van der Waals surface area (Å²) in [5, 5.41) is 5.91. The second kappa shape index (κ2) is 7.95. The Morgan fingerprint density at radius 2 is 2.00 bits per heavy atom. The number of hydrogen-bond donors (Lipinski definition) is 2. The van der Waals surface area contributed by atoms with Crippen molar-refractivity contribution < 1.29 is 14.3 Å². The highest BCUT2D eigenvalue weighted by atomic mass is 16.5. The summed E-state index contributed by atoms with van der Waals surface area (Å²) in [6.45, 7) is 3.24. The summed E-state index contributed by atoms with van der Waals surface area (Å²) in [5.41, 5.74) is 2.21. The molecule has 0 saturated carbocycles. The lowest BCUT2D eigenvalue weighted by Gasteiger charge is -2.35. The highest BCUT2D eigenvalue weighted by molar-refractivity contribution is 6.01. The Hall–Kier alpha value is -2.97. The summed E-state index contributed by atoms with van der Waals surface area (Å²) in [4.78, 5) is 32.9. The molecule has 0 spiro atoms. The van der Waals surface area contributed by atoms with Crippen molar-refractivity contribution in [3.05, 3.63) is 53.7 Å². The van der Waals surface area contributed by atoms with Crippen LogP contribution in [0.5, 0.6) is 0 Å². The fourth-order valence-corrected chi connectivity index (χ4v) is 3.49. The summed E-state index contributed by atoms with van der Waals surface area (Å²) in [6.07, 6.45) is 1.37. The summed E-state index contributed by atoms with van der Waals surface area (Å²) >= 11 is 0. The van der Waals surface area contributed by atoms with Gasteiger partial charge in [0.15, 0.2) is 0 Å². The predicted octanol–water partition coefficient (Wildman–Crippen LogP) is 1.23. The summed E-state index contributed by atoms with van der Waals surface area (Å²) in [7, 11) is 1.90. The Kier molecular flexibility index (Phi) is 5.23. The van der Waals surface area contributed by atoms with Crippen molar-refractivity contribution in [1.82, 2.24) is 15.2 Å². The van der Waals surface area contributed by atoms with E-state index in [9.17, 15) is 9.59 Å². The van der Waals surface area contributed by atoms with Gasteiger partial charge in [0.2, 0.25) is 5.91 Å². The monoisotopic (exact) mass is 381 g/mol. The van der Waals surface area contributed by atoms with Crippen LogP contribution in [-0.4, -0.2) is 61.6 Å². The van der Waals surface area contributed by atoms with E-state index in [4.69, 9.17) is 4.74 Å². The zero-order valence-electron chi connectivity index (χ0n) is 15.7. The maximum Gasteiger partial charge on any atom is 0.256 e. The zero-order chi connectivity index (χ0) is 19.5. The Morgan fingerprint density at radius 1 is 1.25 bits per heavy atom. The average Bonchev–Trinajstić information content (AvgIpc) is 2.72. The van der Waals surface area contributed by atoms with E-state index in [-0.39, 0.29) is 18.0 Å². The second-order valence-corrected chi connectivity index (χ2v) is 6.92. The van der Waals surface area contributed by atoms with Gasteiger partial charge in [-0.25, -0.2) is 4.98 Å². The molecule has 1 aromatic carbocycles. The maximum absolute atomic E-state index is 12.4. The third-order valence-electron chi connectivity index (χ3n) is 5.00. The van der Waals surface area contributed by atoms with Crippen LogP contribution >= 0.6 is 0 Å². The normalized spacial score (nSPS) is 19.7. The number of fused-ring (bicyclic) bond motifs is 1. The molecule has 1 fully saturated rings. The fourth-order valence-electron chi connectivity index (χ4n) is 3.49. The first-order chi connectivity index (χ1) is 13.6. The van der Waals surface area contributed by atoms with Crippen LogP contribution in [-0.2, 0) is 9.53 Å². The highest BCUT2D eigenvalue weighted by Gasteiger charge is 2.30. The maximum atomic E-state index is 12.4. The molecule has 2 aromatic rings. The third-order valence-corrected chi connectivity index (χ3v) is 5.00. The third kappa shape index (κ3) is 3.83. The molecular formula is C20H23N5O3. The first-order valence-electron chi connectivity index (χ1n) is 9.30. The Balaban J connectivity index is 1.42. The number of carbonyl (C=O) groups is 2. The minimum atomic E-state index is -0.312. The quantitative estimate of drug-likeness (QED) is 0.829. The molecule has 2 aliphatic heterocycles. The van der Waals surface area contributed by atoms with Crippen LogP contribution in [0.3, 0.4) is 0 Å². The molecule has 1 saturated heterocycles. The number of amides is 2. The molecule has 2 N–H and O–H groups in total. The molecule has 3 heterocycles. The number of rotatable bonds is 4. The molecule has 2 aliphatic rings. The van der Waals surface area contributed by atoms with Crippen LogP contribution in [0, 0.1) is 0 Å². The Labute approximate surface area is 163 Å². The van der Waals surface area contributed by atoms with Crippen molar-refractivity contribution in [2.75, 3.05) is 50.1 Å². The number of anilines is 2. The molecule has 8 nitrogen and oxygen atoms in total. The van der Waals surface area contributed by atoms with Crippen LogP contribution in [0.4, 0.5) is 11.5 Å². The van der Waals surface area contributed by atoms with Crippen molar-refractivity contribution in [3.8, 4) is 0 Å². The Morgan fingerprint density at radius 3 is 2.75 bits per heavy atom. The number of hydrogen-bond acceptors (Lipinski definition) is 6. The van der Waals surface area contributed by atoms with Gasteiger partial charge in [0, 0.05) is 32.0 Å². The lowest BCUT2D eigenvalue weighted by molar-refractivity contribution is -0.118. The van der Waals surface area contributed by atoms with Crippen molar-refractivity contribution in [2.45, 2.75) is 6.17 Å². The average molecular weight is 381 g/mol. The van der Waals surface area contributed by atoms with Gasteiger partial charge in [-0.15, -0.1) is 0 Å². The topological polar surface area (TPSA) is 86.8 Å². The van der Waals surface area contributed by atoms with E-state index in [0.29, 0.717) is 31.1 Å². The van der Waals surface area contributed by atoms with Crippen molar-refractivity contribution >= 4 is 23.3 Å². The van der Waals surface area contributed by atoms with Gasteiger partial charge >= 0.3 is 0 Å². The van der Waals surface area contributed by atoms with Gasteiger partial charge in [0.25, 0.3) is 5.91 Å². The van der Waals surface area contributed by atoms with Gasteiger partial charge in [0.1, 0.15) is 12.0 Å². The molecule has 1 aromatic heterocycles. The molecule has 8 heteroatoms. The lowest BCUT2D eigenvalue weighted by Crippen LogP contribution is -2.45. The number of nitrogens with one attached hydrogen (secondary N) is 2. The van der Waals surface area contributed by atoms with Crippen molar-refractivity contribution in [2.24, 2.45) is 0 Å². The van der Waals surface area contributed by atoms with Crippen molar-refractivity contribution in [1.29, 1.82) is 0 Å². The number of nitrogens with zero attached hydrogens (tertiary/aromatic N) is 3. The molecule has 0 radical (unpaired) electrons. The summed E-state index contributed by atoms with van der Waals surface area (Å²) in [5.74, 6) is 0.462. The molecule has 2 amide bonds. The van der Waals surface area contributed by atoms with Crippen LogP contribution in [0.2, 0.25) is 0 Å². The number of ether oxygens (including phenoxy) is 1. The number of aromatic nitrogens is 1. The van der Waals surface area contributed by atoms with Gasteiger partial charge in [-0.05, 0) is 29.8 Å². The number of carbonyl (C=O) groups excluding carboxylic acids is 2. The fraction of sp³-hybridized carbons (Fsp3) is 0.350. The Bertz CT molecular complexity index is 864. The first kappa shape index (κ1) is 18.4. The largest absolute Gasteiger partial charge is 0.379 e. The van der Waals surface area contributed by atoms with Gasteiger partial charge < -0.3 is 20.3 Å². The molecule has 4 rings (SSSR count). The van der Waals surface area contributed by atoms with Crippen LogP contribution in [0.15, 0.2) is 42.6 Å². The van der Waals surface area contributed by atoms with E-state index >= 15 is 0 Å². The first-order valence-corrected chi connectivity index (χ1v) is 9.30. The van der Waals surface area contributed by atoms with Crippen LogP contribution in [0.1, 0.15) is 22.1 Å². The van der Waals surface area contributed by atoms with E-state index in [1.807, 2.05) is 36.2 Å². The molecule has 146 valence electrons. The number of morpholine rings is 1. The van der Waals surface area contributed by atoms with E-state index < -0.39 is 0 Å². The molecular weight excluding hydrogens is 358 g/mol. The van der Waals surface area contributed by atoms with E-state index in [1.165, 1.54) is 0 Å². The zero-order valence-corrected chi connectivity index (χ0v) is 15.7. The second-order valence-electron chi connectivity index (χ2n) is 6.92. The molecule has 28 heavy (non-hydrogen) atoms. The van der Waals surface area contributed by atoms with E-state index in [0.717, 1.165) is 24.3 Å². The van der Waals surface area contributed by atoms with E-state index in [1.54, 1.807) is 18.3 Å². The minimum absolute atomic E-state index is 0.0455. The van der Waals surface area contributed by atoms with Crippen molar-refractivity contribution in [3.63, 3.8) is 0 Å². The smallest absolute Gasteiger partial charge is 0.256 e. The van der Waals surface area contributed by atoms with Crippen LogP contribution < -0.4 is 15.5 Å². The molecule has 0 bridgehead atoms. The van der Waals surface area contributed by atoms with Gasteiger partial charge in [0.05, 0.1) is 25.3 Å². The minimum Gasteiger partial charge on any atom is -0.379 e.